The molecule has 0 unspecified atom stereocenters. The van der Waals surface area contributed by atoms with Gasteiger partial charge in [-0.05, 0) is 23.0 Å². The predicted octanol–water partition coefficient (Wildman–Crippen LogP) is 6.03. The number of halogens is 6. The highest BCUT2D eigenvalue weighted by Crippen LogP contribution is 2.41. The maximum Gasteiger partial charge on any atom is 0.525 e. The van der Waals surface area contributed by atoms with E-state index in [2.05, 4.69) is 9.47 Å². The van der Waals surface area contributed by atoms with Crippen molar-refractivity contribution in [3.8, 4) is 11.5 Å². The maximum absolute atomic E-state index is 12.2. The Morgan fingerprint density at radius 3 is 1.11 bits per heavy atom. The lowest BCUT2D eigenvalue weighted by Crippen LogP contribution is -2.22. The first kappa shape index (κ1) is 24.4. The number of hydrogen-bond acceptors (Lipinski definition) is 4. The van der Waals surface area contributed by atoms with Gasteiger partial charge in [-0.2, -0.15) is 0 Å². The summed E-state index contributed by atoms with van der Waals surface area (Å²) in [5.41, 5.74) is -0.332. The second-order valence-electron chi connectivity index (χ2n) is 8.05. The average Bonchev–Trinajstić information content (AvgIpc) is 2.43. The molecule has 0 N–H and O–H groups in total. The number of rotatable bonds is 6. The van der Waals surface area contributed by atoms with Crippen LogP contribution in [0.25, 0.3) is 0 Å². The molecule has 0 bridgehead atoms. The lowest BCUT2D eigenvalue weighted by Gasteiger charge is -2.29. The molecule has 0 aliphatic carbocycles. The van der Waals surface area contributed by atoms with Crippen LogP contribution in [0.4, 0.5) is 26.3 Å². The first-order chi connectivity index (χ1) is 12.4. The van der Waals surface area contributed by atoms with Crippen molar-refractivity contribution in [1.82, 2.24) is 0 Å². The quantitative estimate of drug-likeness (QED) is 0.418. The van der Waals surface area contributed by atoms with Crippen LogP contribution < -0.4 is 9.47 Å². The summed E-state index contributed by atoms with van der Waals surface area (Å²) in [6.07, 6.45) is -9.71. The number of hydrogen-bond donors (Lipinski definition) is 0. The van der Waals surface area contributed by atoms with Crippen LogP contribution in [0.5, 0.6) is 11.5 Å². The van der Waals surface area contributed by atoms with E-state index in [-0.39, 0.29) is 11.5 Å². The monoisotopic (exact) mass is 418 g/mol. The zero-order valence-corrected chi connectivity index (χ0v) is 16.5. The predicted molar refractivity (Wildman–Crippen MR) is 89.1 cm³/mol. The van der Waals surface area contributed by atoms with Gasteiger partial charge in [-0.3, -0.25) is 9.47 Å². The van der Waals surface area contributed by atoms with E-state index >= 15 is 0 Å². The van der Waals surface area contributed by atoms with Crippen LogP contribution in [0, 0.1) is 0 Å². The van der Waals surface area contributed by atoms with Gasteiger partial charge in [-0.25, -0.2) is 0 Å². The summed E-state index contributed by atoms with van der Waals surface area (Å²) in [4.78, 5) is 0. The molecule has 1 aromatic rings. The van der Waals surface area contributed by atoms with E-state index in [4.69, 9.17) is 9.47 Å². The van der Waals surface area contributed by atoms with Gasteiger partial charge >= 0.3 is 12.7 Å². The molecular weight excluding hydrogens is 394 g/mol. The number of ether oxygens (including phenoxy) is 4. The summed E-state index contributed by atoms with van der Waals surface area (Å²) in [7, 11) is 0. The van der Waals surface area contributed by atoms with Crippen LogP contribution in [0.1, 0.15) is 52.7 Å². The highest BCUT2D eigenvalue weighted by molar-refractivity contribution is 5.51. The van der Waals surface area contributed by atoms with Gasteiger partial charge in [-0.1, -0.05) is 41.5 Å². The molecule has 0 saturated heterocycles. The van der Waals surface area contributed by atoms with Crippen LogP contribution in [-0.4, -0.2) is 26.3 Å². The van der Waals surface area contributed by atoms with Crippen LogP contribution in [0.15, 0.2) is 12.1 Å². The minimum Gasteiger partial charge on any atom is -0.467 e. The zero-order valence-electron chi connectivity index (χ0n) is 16.5. The molecule has 0 heterocycles. The average molecular weight is 418 g/mol. The molecule has 1 rings (SSSR count). The van der Waals surface area contributed by atoms with Crippen LogP contribution in [-0.2, 0) is 20.3 Å². The molecule has 0 amide bonds. The van der Waals surface area contributed by atoms with Crippen molar-refractivity contribution in [3.05, 3.63) is 23.3 Å². The maximum atomic E-state index is 12.2. The third kappa shape index (κ3) is 8.14. The lowest BCUT2D eigenvalue weighted by molar-refractivity contribution is -0.342. The van der Waals surface area contributed by atoms with Gasteiger partial charge in [0.2, 0.25) is 0 Å². The fourth-order valence-electron chi connectivity index (χ4n) is 2.29. The molecule has 10 heteroatoms. The molecule has 4 nitrogen and oxygen atoms in total. The van der Waals surface area contributed by atoms with Crippen LogP contribution in [0.2, 0.25) is 0 Å². The third-order valence-corrected chi connectivity index (χ3v) is 3.57. The van der Waals surface area contributed by atoms with Crippen molar-refractivity contribution in [2.24, 2.45) is 0 Å². The van der Waals surface area contributed by atoms with Gasteiger partial charge in [0.15, 0.2) is 13.6 Å². The van der Waals surface area contributed by atoms with E-state index in [1.807, 2.05) is 0 Å². The Bertz CT molecular complexity index is 596. The number of benzene rings is 1. The normalized spacial score (nSPS) is 13.6. The summed E-state index contributed by atoms with van der Waals surface area (Å²) < 4.78 is 91.1. The van der Waals surface area contributed by atoms with Crippen LogP contribution in [0.3, 0.4) is 0 Å². The van der Waals surface area contributed by atoms with Crippen molar-refractivity contribution < 1.29 is 45.3 Å². The summed E-state index contributed by atoms with van der Waals surface area (Å²) in [5, 5.41) is 0. The van der Waals surface area contributed by atoms with Gasteiger partial charge < -0.3 is 9.47 Å². The summed E-state index contributed by atoms with van der Waals surface area (Å²) >= 11 is 0. The molecule has 0 aliphatic heterocycles. The van der Waals surface area contributed by atoms with Crippen molar-refractivity contribution >= 4 is 0 Å². The first-order valence-corrected chi connectivity index (χ1v) is 8.26. The first-order valence-electron chi connectivity index (χ1n) is 8.26. The third-order valence-electron chi connectivity index (χ3n) is 3.57. The Morgan fingerprint density at radius 1 is 0.607 bits per heavy atom. The Kier molecular flexibility index (Phi) is 7.27. The highest BCUT2D eigenvalue weighted by atomic mass is 19.4. The lowest BCUT2D eigenvalue weighted by atomic mass is 9.81. The van der Waals surface area contributed by atoms with E-state index in [0.717, 1.165) is 0 Å². The topological polar surface area (TPSA) is 36.9 Å². The largest absolute Gasteiger partial charge is 0.525 e. The molecule has 0 radical (unpaired) electrons. The Morgan fingerprint density at radius 2 is 0.893 bits per heavy atom. The van der Waals surface area contributed by atoms with Gasteiger partial charge in [0.25, 0.3) is 0 Å². The van der Waals surface area contributed by atoms with Crippen molar-refractivity contribution in [3.63, 3.8) is 0 Å². The van der Waals surface area contributed by atoms with E-state index in [0.29, 0.717) is 11.1 Å². The molecule has 1 aromatic carbocycles. The minimum atomic E-state index is -4.85. The molecule has 0 atom stereocenters. The molecular formula is C18H24F6O4. The van der Waals surface area contributed by atoms with Crippen molar-refractivity contribution in [2.45, 2.75) is 65.1 Å². The van der Waals surface area contributed by atoms with Crippen molar-refractivity contribution in [2.75, 3.05) is 13.6 Å². The van der Waals surface area contributed by atoms with Gasteiger partial charge in [0, 0.05) is 11.1 Å². The van der Waals surface area contributed by atoms with Crippen molar-refractivity contribution in [1.29, 1.82) is 0 Å². The van der Waals surface area contributed by atoms with Crippen LogP contribution >= 0.6 is 0 Å². The SMILES string of the molecule is CC(C)(C)c1cc(OCOC(F)(F)F)c(C(C)(C)C)cc1OCOC(F)(F)F. The fraction of sp³-hybridized carbons (Fsp3) is 0.667. The standard InChI is InChI=1S/C18H24F6O4/c1-15(2,3)11-7-14(26-10-28-18(22,23)24)12(16(4,5)6)8-13(11)25-9-27-17(19,20)21/h7-8H,9-10H2,1-6H3. The highest BCUT2D eigenvalue weighted by Gasteiger charge is 2.32. The summed E-state index contributed by atoms with van der Waals surface area (Å²) in [6.45, 7) is 8.50. The minimum absolute atomic E-state index is 0.116. The van der Waals surface area contributed by atoms with E-state index < -0.39 is 37.1 Å². The molecule has 0 fully saturated rings. The summed E-state index contributed by atoms with van der Waals surface area (Å²) in [6, 6.07) is 2.90. The molecule has 0 saturated carbocycles. The molecule has 0 aromatic heterocycles. The van der Waals surface area contributed by atoms with Gasteiger partial charge in [0.1, 0.15) is 11.5 Å². The second-order valence-corrected chi connectivity index (χ2v) is 8.05. The molecule has 28 heavy (non-hydrogen) atoms. The Labute approximate surface area is 159 Å². The van der Waals surface area contributed by atoms with E-state index in [1.54, 1.807) is 41.5 Å². The van der Waals surface area contributed by atoms with Gasteiger partial charge in [-0.15, -0.1) is 26.3 Å². The Balaban J connectivity index is 3.28. The van der Waals surface area contributed by atoms with Gasteiger partial charge in [0.05, 0.1) is 0 Å². The Hall–Kier alpha value is -1.68. The summed E-state index contributed by atoms with van der Waals surface area (Å²) in [5.74, 6) is 0.233. The fourth-order valence-corrected chi connectivity index (χ4v) is 2.29. The molecule has 162 valence electrons. The second kappa shape index (κ2) is 8.36. The molecule has 0 aliphatic rings. The zero-order chi connectivity index (χ0) is 22.0. The smallest absolute Gasteiger partial charge is 0.467 e. The molecule has 0 spiro atoms. The van der Waals surface area contributed by atoms with E-state index in [9.17, 15) is 26.3 Å². The number of alkyl halides is 6. The van der Waals surface area contributed by atoms with E-state index in [1.165, 1.54) is 12.1 Å².